The SMILES string of the molecule is NC1(c2cccn3c(Cl)ncc23)CC1. The fourth-order valence-corrected chi connectivity index (χ4v) is 2.01. The molecule has 0 amide bonds. The van der Waals surface area contributed by atoms with Crippen LogP contribution in [-0.2, 0) is 5.54 Å². The maximum absolute atomic E-state index is 6.16. The van der Waals surface area contributed by atoms with Crippen LogP contribution in [0, 0.1) is 0 Å². The molecule has 2 N–H and O–H groups in total. The summed E-state index contributed by atoms with van der Waals surface area (Å²) in [4.78, 5) is 4.07. The molecule has 0 atom stereocenters. The zero-order valence-electron chi connectivity index (χ0n) is 7.57. The first-order valence-electron chi connectivity index (χ1n) is 4.62. The summed E-state index contributed by atoms with van der Waals surface area (Å²) in [5, 5.41) is 0.492. The Morgan fingerprint density at radius 1 is 1.50 bits per heavy atom. The molecule has 1 aliphatic rings. The molecule has 0 aromatic carbocycles. The molecule has 1 saturated carbocycles. The number of rotatable bonds is 1. The lowest BCUT2D eigenvalue weighted by atomic mass is 10.1. The molecule has 0 aliphatic heterocycles. The second kappa shape index (κ2) is 2.49. The van der Waals surface area contributed by atoms with Crippen LogP contribution in [-0.4, -0.2) is 9.38 Å². The third kappa shape index (κ3) is 0.996. The van der Waals surface area contributed by atoms with E-state index in [9.17, 15) is 0 Å². The van der Waals surface area contributed by atoms with Crippen molar-refractivity contribution in [2.75, 3.05) is 0 Å². The average Bonchev–Trinajstić information content (AvgIpc) is 2.83. The predicted octanol–water partition coefficient (Wildman–Crippen LogP) is 1.94. The Morgan fingerprint density at radius 2 is 2.29 bits per heavy atom. The Kier molecular flexibility index (Phi) is 1.47. The van der Waals surface area contributed by atoms with Crippen LogP contribution >= 0.6 is 11.6 Å². The third-order valence-corrected chi connectivity index (χ3v) is 3.13. The molecule has 14 heavy (non-hydrogen) atoms. The lowest BCUT2D eigenvalue weighted by molar-refractivity contribution is 0.743. The number of hydrogen-bond donors (Lipinski definition) is 1. The van der Waals surface area contributed by atoms with Crippen LogP contribution in [0.2, 0.25) is 5.28 Å². The van der Waals surface area contributed by atoms with Gasteiger partial charge in [0, 0.05) is 11.7 Å². The van der Waals surface area contributed by atoms with Gasteiger partial charge in [-0.2, -0.15) is 0 Å². The molecule has 1 fully saturated rings. The number of halogens is 1. The van der Waals surface area contributed by atoms with Crippen LogP contribution in [0.1, 0.15) is 18.4 Å². The van der Waals surface area contributed by atoms with Crippen LogP contribution in [0.25, 0.3) is 5.52 Å². The molecule has 0 radical (unpaired) electrons. The first kappa shape index (κ1) is 8.26. The maximum Gasteiger partial charge on any atom is 0.207 e. The highest BCUT2D eigenvalue weighted by molar-refractivity contribution is 6.28. The summed E-state index contributed by atoms with van der Waals surface area (Å²) in [6.07, 6.45) is 5.79. The maximum atomic E-state index is 6.16. The van der Waals surface area contributed by atoms with E-state index in [0.717, 1.165) is 23.9 Å². The summed E-state index contributed by atoms with van der Waals surface area (Å²) in [6, 6.07) is 4.02. The Morgan fingerprint density at radius 3 is 3.00 bits per heavy atom. The molecule has 2 heterocycles. The van der Waals surface area contributed by atoms with Crippen LogP contribution in [0.3, 0.4) is 0 Å². The van der Waals surface area contributed by atoms with Gasteiger partial charge >= 0.3 is 0 Å². The van der Waals surface area contributed by atoms with Crippen LogP contribution in [0.5, 0.6) is 0 Å². The van der Waals surface area contributed by atoms with Gasteiger partial charge < -0.3 is 5.73 Å². The summed E-state index contributed by atoms with van der Waals surface area (Å²) >= 11 is 5.93. The van der Waals surface area contributed by atoms with Gasteiger partial charge in [-0.05, 0) is 36.1 Å². The van der Waals surface area contributed by atoms with E-state index < -0.39 is 0 Å². The summed E-state index contributed by atoms with van der Waals surface area (Å²) in [5.41, 5.74) is 8.20. The standard InChI is InChI=1S/C10H10ClN3/c11-9-13-6-8-7(10(12)3-4-10)2-1-5-14(8)9/h1-2,5-6H,3-4,12H2. The normalized spacial score (nSPS) is 18.7. The number of imidazole rings is 1. The van der Waals surface area contributed by atoms with Gasteiger partial charge in [-0.15, -0.1) is 0 Å². The number of aromatic nitrogens is 2. The van der Waals surface area contributed by atoms with Crippen molar-refractivity contribution in [3.05, 3.63) is 35.4 Å². The van der Waals surface area contributed by atoms with Gasteiger partial charge in [0.05, 0.1) is 11.7 Å². The highest BCUT2D eigenvalue weighted by atomic mass is 35.5. The smallest absolute Gasteiger partial charge is 0.207 e. The third-order valence-electron chi connectivity index (χ3n) is 2.85. The second-order valence-corrected chi connectivity index (χ2v) is 4.20. The van der Waals surface area contributed by atoms with E-state index in [1.807, 2.05) is 16.7 Å². The van der Waals surface area contributed by atoms with Gasteiger partial charge in [-0.25, -0.2) is 4.98 Å². The molecule has 3 nitrogen and oxygen atoms in total. The van der Waals surface area contributed by atoms with Crippen LogP contribution in [0.4, 0.5) is 0 Å². The number of fused-ring (bicyclic) bond motifs is 1. The Hall–Kier alpha value is -1.06. The lowest BCUT2D eigenvalue weighted by Gasteiger charge is -2.10. The Labute approximate surface area is 86.5 Å². The lowest BCUT2D eigenvalue weighted by Crippen LogP contribution is -2.19. The molecule has 0 saturated heterocycles. The van der Waals surface area contributed by atoms with E-state index in [4.69, 9.17) is 17.3 Å². The molecule has 2 aromatic heterocycles. The van der Waals surface area contributed by atoms with E-state index in [-0.39, 0.29) is 5.54 Å². The summed E-state index contributed by atoms with van der Waals surface area (Å²) in [7, 11) is 0. The van der Waals surface area contributed by atoms with Crippen molar-refractivity contribution in [2.45, 2.75) is 18.4 Å². The zero-order chi connectivity index (χ0) is 9.76. The topological polar surface area (TPSA) is 43.3 Å². The number of hydrogen-bond acceptors (Lipinski definition) is 2. The molecule has 3 rings (SSSR count). The van der Waals surface area contributed by atoms with Gasteiger partial charge in [-0.3, -0.25) is 4.40 Å². The van der Waals surface area contributed by atoms with Crippen molar-refractivity contribution in [1.82, 2.24) is 9.38 Å². The number of nitrogens with zero attached hydrogens (tertiary/aromatic N) is 2. The van der Waals surface area contributed by atoms with E-state index in [1.165, 1.54) is 0 Å². The van der Waals surface area contributed by atoms with Crippen molar-refractivity contribution in [3.8, 4) is 0 Å². The average molecular weight is 208 g/mol. The number of nitrogens with two attached hydrogens (primary N) is 1. The van der Waals surface area contributed by atoms with E-state index in [0.29, 0.717) is 5.28 Å². The van der Waals surface area contributed by atoms with Crippen LogP contribution < -0.4 is 5.73 Å². The predicted molar refractivity (Wildman–Crippen MR) is 55.3 cm³/mol. The van der Waals surface area contributed by atoms with Gasteiger partial charge in [0.2, 0.25) is 5.28 Å². The molecule has 0 spiro atoms. The molecule has 72 valence electrons. The molecule has 0 bridgehead atoms. The van der Waals surface area contributed by atoms with Gasteiger partial charge in [-0.1, -0.05) is 6.07 Å². The fraction of sp³-hybridized carbons (Fsp3) is 0.300. The highest BCUT2D eigenvalue weighted by Gasteiger charge is 2.41. The van der Waals surface area contributed by atoms with Crippen molar-refractivity contribution in [2.24, 2.45) is 5.73 Å². The molecule has 0 unspecified atom stereocenters. The first-order valence-corrected chi connectivity index (χ1v) is 4.99. The Balaban J connectivity index is 2.34. The highest BCUT2D eigenvalue weighted by Crippen LogP contribution is 2.44. The summed E-state index contributed by atoms with van der Waals surface area (Å²) < 4.78 is 1.86. The molecular formula is C10H10ClN3. The minimum absolute atomic E-state index is 0.133. The molecule has 4 heteroatoms. The van der Waals surface area contributed by atoms with Gasteiger partial charge in [0.1, 0.15) is 0 Å². The molecule has 2 aromatic rings. The van der Waals surface area contributed by atoms with E-state index in [2.05, 4.69) is 11.1 Å². The summed E-state index contributed by atoms with van der Waals surface area (Å²) in [6.45, 7) is 0. The second-order valence-electron chi connectivity index (χ2n) is 3.86. The van der Waals surface area contributed by atoms with E-state index >= 15 is 0 Å². The van der Waals surface area contributed by atoms with Gasteiger partial charge in [0.15, 0.2) is 0 Å². The van der Waals surface area contributed by atoms with Crippen molar-refractivity contribution >= 4 is 17.1 Å². The van der Waals surface area contributed by atoms with Crippen molar-refractivity contribution in [3.63, 3.8) is 0 Å². The zero-order valence-corrected chi connectivity index (χ0v) is 8.33. The number of pyridine rings is 1. The minimum Gasteiger partial charge on any atom is -0.321 e. The van der Waals surface area contributed by atoms with E-state index in [1.54, 1.807) is 6.20 Å². The fourth-order valence-electron chi connectivity index (χ4n) is 1.82. The molecular weight excluding hydrogens is 198 g/mol. The minimum atomic E-state index is -0.133. The van der Waals surface area contributed by atoms with Crippen LogP contribution in [0.15, 0.2) is 24.5 Å². The quantitative estimate of drug-likeness (QED) is 0.777. The largest absolute Gasteiger partial charge is 0.321 e. The van der Waals surface area contributed by atoms with Crippen molar-refractivity contribution in [1.29, 1.82) is 0 Å². The summed E-state index contributed by atoms with van der Waals surface area (Å²) in [5.74, 6) is 0. The molecule has 1 aliphatic carbocycles. The monoisotopic (exact) mass is 207 g/mol. The first-order chi connectivity index (χ1) is 6.71. The van der Waals surface area contributed by atoms with Gasteiger partial charge in [0.25, 0.3) is 0 Å². The van der Waals surface area contributed by atoms with Crippen molar-refractivity contribution < 1.29 is 0 Å². The Bertz CT molecular complexity index is 499.